The molecule has 0 spiro atoms. The Balaban J connectivity index is 1.39. The molecule has 0 fully saturated rings. The van der Waals surface area contributed by atoms with E-state index >= 15 is 0 Å². The van der Waals surface area contributed by atoms with Gasteiger partial charge in [0, 0.05) is 12.1 Å². The zero-order valence-corrected chi connectivity index (χ0v) is 18.8. The fourth-order valence-corrected chi connectivity index (χ4v) is 3.93. The molecule has 0 radical (unpaired) electrons. The van der Waals surface area contributed by atoms with Crippen molar-refractivity contribution in [2.45, 2.75) is 43.6 Å². The van der Waals surface area contributed by atoms with Gasteiger partial charge < -0.3 is 15.5 Å². The molecule has 32 heavy (non-hydrogen) atoms. The molecule has 0 bridgehead atoms. The van der Waals surface area contributed by atoms with Crippen LogP contribution in [0.1, 0.15) is 42.6 Å². The lowest BCUT2D eigenvalue weighted by atomic mass is 9.98. The molecule has 0 aliphatic rings. The molecule has 2 heterocycles. The SMILES string of the molecule is CCc1ccccc1Nc1nc(N)nc(CSc2nnc(CC(C)c3ccccc3)o2)n1. The Morgan fingerprint density at radius 3 is 2.59 bits per heavy atom. The lowest BCUT2D eigenvalue weighted by molar-refractivity contribution is 0.404. The molecule has 8 nitrogen and oxygen atoms in total. The highest BCUT2D eigenvalue weighted by Gasteiger charge is 2.14. The van der Waals surface area contributed by atoms with Crippen LogP contribution in [-0.2, 0) is 18.6 Å². The molecule has 4 aromatic rings. The summed E-state index contributed by atoms with van der Waals surface area (Å²) < 4.78 is 5.81. The van der Waals surface area contributed by atoms with Crippen molar-refractivity contribution in [2.75, 3.05) is 11.1 Å². The first-order chi connectivity index (χ1) is 15.6. The predicted octanol–water partition coefficient (Wildman–Crippen LogP) is 4.78. The van der Waals surface area contributed by atoms with Crippen LogP contribution in [0.3, 0.4) is 0 Å². The number of nitrogens with one attached hydrogen (secondary N) is 1. The van der Waals surface area contributed by atoms with E-state index in [0.29, 0.717) is 35.1 Å². The standard InChI is InChI=1S/C23H25N7OS/c1-3-16-9-7-8-12-18(16)25-22-27-19(26-21(24)28-22)14-32-23-30-29-20(31-23)13-15(2)17-10-5-4-6-11-17/h4-12,15H,3,13-14H2,1-2H3,(H3,24,25,26,27,28). The Labute approximate surface area is 191 Å². The van der Waals surface area contributed by atoms with Crippen molar-refractivity contribution in [3.63, 3.8) is 0 Å². The van der Waals surface area contributed by atoms with Crippen LogP contribution in [0.4, 0.5) is 17.6 Å². The smallest absolute Gasteiger partial charge is 0.277 e. The number of nitrogens with zero attached hydrogens (tertiary/aromatic N) is 5. The zero-order valence-electron chi connectivity index (χ0n) is 18.0. The van der Waals surface area contributed by atoms with Crippen LogP contribution < -0.4 is 11.1 Å². The minimum atomic E-state index is 0.162. The minimum absolute atomic E-state index is 0.162. The van der Waals surface area contributed by atoms with E-state index in [-0.39, 0.29) is 11.9 Å². The number of nitrogen functional groups attached to an aromatic ring is 1. The Hall–Kier alpha value is -3.46. The summed E-state index contributed by atoms with van der Waals surface area (Å²) in [5, 5.41) is 12.0. The third-order valence-electron chi connectivity index (χ3n) is 4.97. The average Bonchev–Trinajstić information content (AvgIpc) is 3.25. The third-order valence-corrected chi connectivity index (χ3v) is 5.78. The van der Waals surface area contributed by atoms with Gasteiger partial charge in [0.05, 0.1) is 5.75 Å². The van der Waals surface area contributed by atoms with Crippen molar-refractivity contribution < 1.29 is 4.42 Å². The number of thioether (sulfide) groups is 1. The highest BCUT2D eigenvalue weighted by atomic mass is 32.2. The largest absolute Gasteiger partial charge is 0.416 e. The summed E-state index contributed by atoms with van der Waals surface area (Å²) in [6, 6.07) is 18.3. The van der Waals surface area contributed by atoms with Crippen LogP contribution >= 0.6 is 11.8 Å². The fraction of sp³-hybridized carbons (Fsp3) is 0.261. The number of aromatic nitrogens is 5. The van der Waals surface area contributed by atoms with E-state index in [0.717, 1.165) is 12.1 Å². The average molecular weight is 448 g/mol. The van der Waals surface area contributed by atoms with Crippen molar-refractivity contribution in [2.24, 2.45) is 0 Å². The molecular weight excluding hydrogens is 422 g/mol. The second kappa shape index (κ2) is 10.2. The summed E-state index contributed by atoms with van der Waals surface area (Å²) in [5.41, 5.74) is 9.27. The second-order valence-electron chi connectivity index (χ2n) is 7.34. The monoisotopic (exact) mass is 447 g/mol. The normalized spacial score (nSPS) is 11.9. The Morgan fingerprint density at radius 1 is 1.00 bits per heavy atom. The summed E-state index contributed by atoms with van der Waals surface area (Å²) >= 11 is 1.37. The number of nitrogens with two attached hydrogens (primary N) is 1. The van der Waals surface area contributed by atoms with Crippen LogP contribution in [0.2, 0.25) is 0 Å². The van der Waals surface area contributed by atoms with E-state index in [1.165, 1.54) is 22.9 Å². The van der Waals surface area contributed by atoms with E-state index in [4.69, 9.17) is 10.2 Å². The van der Waals surface area contributed by atoms with Gasteiger partial charge in [-0.15, -0.1) is 10.2 Å². The Bertz CT molecular complexity index is 1170. The lowest BCUT2D eigenvalue weighted by Gasteiger charge is -2.10. The number of aryl methyl sites for hydroxylation is 1. The number of benzene rings is 2. The van der Waals surface area contributed by atoms with E-state index in [1.54, 1.807) is 0 Å². The summed E-state index contributed by atoms with van der Waals surface area (Å²) in [6.45, 7) is 4.24. The lowest BCUT2D eigenvalue weighted by Crippen LogP contribution is -2.07. The fourth-order valence-electron chi connectivity index (χ4n) is 3.30. The van der Waals surface area contributed by atoms with E-state index in [2.05, 4.69) is 62.5 Å². The molecule has 4 rings (SSSR count). The van der Waals surface area contributed by atoms with Crippen molar-refractivity contribution in [1.29, 1.82) is 0 Å². The summed E-state index contributed by atoms with van der Waals surface area (Å²) in [4.78, 5) is 12.9. The quantitative estimate of drug-likeness (QED) is 0.350. The van der Waals surface area contributed by atoms with Crippen LogP contribution in [0.15, 0.2) is 64.2 Å². The maximum atomic E-state index is 5.90. The van der Waals surface area contributed by atoms with Crippen LogP contribution in [0, 0.1) is 0 Å². The molecule has 0 saturated carbocycles. The van der Waals surface area contributed by atoms with Crippen molar-refractivity contribution >= 4 is 29.3 Å². The Morgan fingerprint density at radius 2 is 1.78 bits per heavy atom. The number of rotatable bonds is 9. The highest BCUT2D eigenvalue weighted by Crippen LogP contribution is 2.25. The van der Waals surface area contributed by atoms with E-state index < -0.39 is 0 Å². The highest BCUT2D eigenvalue weighted by molar-refractivity contribution is 7.98. The molecule has 0 aliphatic heterocycles. The molecule has 1 atom stereocenters. The first kappa shape index (κ1) is 21.8. The van der Waals surface area contributed by atoms with Crippen molar-refractivity contribution in [3.8, 4) is 0 Å². The van der Waals surface area contributed by atoms with Gasteiger partial charge in [0.2, 0.25) is 17.8 Å². The van der Waals surface area contributed by atoms with Gasteiger partial charge in [-0.25, -0.2) is 0 Å². The predicted molar refractivity (Wildman–Crippen MR) is 126 cm³/mol. The molecule has 2 aromatic heterocycles. The van der Waals surface area contributed by atoms with Crippen molar-refractivity contribution in [3.05, 3.63) is 77.4 Å². The maximum Gasteiger partial charge on any atom is 0.277 e. The van der Waals surface area contributed by atoms with Crippen molar-refractivity contribution in [1.82, 2.24) is 25.1 Å². The van der Waals surface area contributed by atoms with Gasteiger partial charge in [0.1, 0.15) is 5.82 Å². The number of para-hydroxylation sites is 1. The summed E-state index contributed by atoms with van der Waals surface area (Å²) in [6.07, 6.45) is 1.58. The van der Waals surface area contributed by atoms with Crippen LogP contribution in [0.25, 0.3) is 0 Å². The number of anilines is 3. The minimum Gasteiger partial charge on any atom is -0.416 e. The first-order valence-electron chi connectivity index (χ1n) is 10.5. The topological polar surface area (TPSA) is 116 Å². The second-order valence-corrected chi connectivity index (χ2v) is 8.26. The van der Waals surface area contributed by atoms with Gasteiger partial charge in [0.25, 0.3) is 5.22 Å². The molecule has 0 aliphatic carbocycles. The molecule has 1 unspecified atom stereocenters. The molecule has 2 aromatic carbocycles. The Kier molecular flexibility index (Phi) is 6.96. The molecule has 164 valence electrons. The zero-order chi connectivity index (χ0) is 22.3. The van der Waals surface area contributed by atoms with Gasteiger partial charge >= 0.3 is 0 Å². The van der Waals surface area contributed by atoms with Crippen LogP contribution in [0.5, 0.6) is 0 Å². The maximum absolute atomic E-state index is 5.90. The van der Waals surface area contributed by atoms with Gasteiger partial charge in [-0.1, -0.05) is 74.1 Å². The third kappa shape index (κ3) is 5.61. The van der Waals surface area contributed by atoms with Gasteiger partial charge in [0.15, 0.2) is 0 Å². The number of hydrogen-bond acceptors (Lipinski definition) is 9. The molecule has 0 saturated heterocycles. The van der Waals surface area contributed by atoms with E-state index in [1.807, 2.05) is 36.4 Å². The van der Waals surface area contributed by atoms with Gasteiger partial charge in [-0.05, 0) is 29.5 Å². The molecular formula is C23H25N7OS. The first-order valence-corrected chi connectivity index (χ1v) is 11.4. The van der Waals surface area contributed by atoms with Gasteiger partial charge in [-0.2, -0.15) is 15.0 Å². The molecule has 3 N–H and O–H groups in total. The van der Waals surface area contributed by atoms with Crippen LogP contribution in [-0.4, -0.2) is 25.1 Å². The van der Waals surface area contributed by atoms with E-state index in [9.17, 15) is 0 Å². The molecule has 0 amide bonds. The molecule has 9 heteroatoms. The van der Waals surface area contributed by atoms with Gasteiger partial charge in [-0.3, -0.25) is 0 Å². The number of hydrogen-bond donors (Lipinski definition) is 2. The summed E-state index contributed by atoms with van der Waals surface area (Å²) in [7, 11) is 0. The summed E-state index contributed by atoms with van der Waals surface area (Å²) in [5.74, 6) is 2.45.